The Kier molecular flexibility index (Phi) is 10.6. The number of ether oxygens (including phenoxy) is 4. The van der Waals surface area contributed by atoms with E-state index in [0.717, 1.165) is 28.2 Å². The Labute approximate surface area is 268 Å². The summed E-state index contributed by atoms with van der Waals surface area (Å²) in [6.07, 6.45) is 1.74. The van der Waals surface area contributed by atoms with Crippen LogP contribution in [0.15, 0.2) is 126 Å². The molecule has 0 saturated heterocycles. The van der Waals surface area contributed by atoms with Crippen LogP contribution in [0.4, 0.5) is 5.82 Å². The molecule has 1 atom stereocenters. The van der Waals surface area contributed by atoms with E-state index < -0.39 is 11.3 Å². The molecule has 0 bridgehead atoms. The van der Waals surface area contributed by atoms with Gasteiger partial charge in [-0.3, -0.25) is 9.36 Å². The van der Waals surface area contributed by atoms with Gasteiger partial charge in [0.2, 0.25) is 0 Å². The highest BCUT2D eigenvalue weighted by Gasteiger charge is 2.38. The second kappa shape index (κ2) is 15.2. The fraction of sp³-hybridized carbons (Fsp3) is 0.216. The van der Waals surface area contributed by atoms with Gasteiger partial charge in [-0.25, -0.2) is 4.79 Å². The van der Waals surface area contributed by atoms with Crippen LogP contribution >= 0.6 is 0 Å². The summed E-state index contributed by atoms with van der Waals surface area (Å²) < 4.78 is 25.2. The molecule has 0 unspecified atom stereocenters. The highest BCUT2D eigenvalue weighted by molar-refractivity contribution is 6.03. The van der Waals surface area contributed by atoms with Gasteiger partial charge in [0.05, 0.1) is 26.9 Å². The summed E-state index contributed by atoms with van der Waals surface area (Å²) in [6.45, 7) is 0.556. The molecule has 0 aliphatic rings. The monoisotopic (exact) mass is 619 g/mol. The maximum Gasteiger partial charge on any atom is 0.349 e. The van der Waals surface area contributed by atoms with E-state index in [2.05, 4.69) is 10.3 Å². The van der Waals surface area contributed by atoms with Gasteiger partial charge >= 0.3 is 5.69 Å². The van der Waals surface area contributed by atoms with Crippen LogP contribution in [0.3, 0.4) is 0 Å². The van der Waals surface area contributed by atoms with E-state index in [9.17, 15) is 9.59 Å². The Morgan fingerprint density at radius 3 is 1.83 bits per heavy atom. The fourth-order valence-electron chi connectivity index (χ4n) is 5.29. The number of anilines is 1. The maximum absolute atomic E-state index is 12.8. The molecule has 236 valence electrons. The molecule has 5 rings (SSSR count). The third-order valence-corrected chi connectivity index (χ3v) is 7.84. The summed E-state index contributed by atoms with van der Waals surface area (Å²) >= 11 is 0. The molecule has 46 heavy (non-hydrogen) atoms. The van der Waals surface area contributed by atoms with Gasteiger partial charge in [-0.1, -0.05) is 72.8 Å². The summed E-state index contributed by atoms with van der Waals surface area (Å²) in [6, 6.07) is 36.1. The first-order valence-electron chi connectivity index (χ1n) is 14.9. The lowest BCUT2D eigenvalue weighted by Gasteiger charge is -2.37. The molecular weight excluding hydrogens is 582 g/mol. The maximum atomic E-state index is 12.8. The van der Waals surface area contributed by atoms with Gasteiger partial charge < -0.3 is 24.3 Å². The van der Waals surface area contributed by atoms with Gasteiger partial charge in [0.25, 0.3) is 5.91 Å². The molecule has 0 fully saturated rings. The van der Waals surface area contributed by atoms with Crippen LogP contribution in [0, 0.1) is 0 Å². The molecule has 0 aliphatic heterocycles. The van der Waals surface area contributed by atoms with Crippen molar-refractivity contribution in [2.75, 3.05) is 33.3 Å². The minimum Gasteiger partial charge on any atom is -0.497 e. The minimum atomic E-state index is -0.992. The van der Waals surface area contributed by atoms with E-state index in [1.807, 2.05) is 84.9 Å². The molecule has 1 heterocycles. The predicted octanol–water partition coefficient (Wildman–Crippen LogP) is 5.93. The summed E-state index contributed by atoms with van der Waals surface area (Å²) in [5.41, 5.74) is 1.77. The summed E-state index contributed by atoms with van der Waals surface area (Å²) in [4.78, 5) is 29.4. The summed E-state index contributed by atoms with van der Waals surface area (Å²) in [7, 11) is 4.90. The number of rotatable bonds is 14. The van der Waals surface area contributed by atoms with Gasteiger partial charge in [-0.2, -0.15) is 4.98 Å². The van der Waals surface area contributed by atoms with E-state index in [1.54, 1.807) is 57.9 Å². The van der Waals surface area contributed by atoms with Gasteiger partial charge in [0, 0.05) is 25.4 Å². The Morgan fingerprint density at radius 2 is 1.30 bits per heavy atom. The van der Waals surface area contributed by atoms with Crippen molar-refractivity contribution in [3.05, 3.63) is 154 Å². The second-order valence-corrected chi connectivity index (χ2v) is 10.6. The molecule has 5 aromatic rings. The number of hydrogen-bond acceptors (Lipinski definition) is 7. The largest absolute Gasteiger partial charge is 0.497 e. The van der Waals surface area contributed by atoms with Gasteiger partial charge in [-0.05, 0) is 65.6 Å². The zero-order valence-electron chi connectivity index (χ0n) is 26.1. The van der Waals surface area contributed by atoms with E-state index in [1.165, 1.54) is 4.57 Å². The van der Waals surface area contributed by atoms with Crippen molar-refractivity contribution >= 4 is 11.7 Å². The van der Waals surface area contributed by atoms with Crippen LogP contribution < -0.4 is 20.5 Å². The lowest BCUT2D eigenvalue weighted by Crippen LogP contribution is -2.36. The van der Waals surface area contributed by atoms with E-state index in [0.29, 0.717) is 18.5 Å². The number of methoxy groups -OCH3 is 3. The first-order chi connectivity index (χ1) is 22.5. The van der Waals surface area contributed by atoms with Crippen molar-refractivity contribution < 1.29 is 23.7 Å². The molecule has 0 spiro atoms. The van der Waals surface area contributed by atoms with Crippen molar-refractivity contribution in [3.63, 3.8) is 0 Å². The summed E-state index contributed by atoms with van der Waals surface area (Å²) in [5, 5.41) is 2.68. The first-order valence-corrected chi connectivity index (χ1v) is 14.9. The van der Waals surface area contributed by atoms with Crippen LogP contribution in [-0.2, 0) is 21.6 Å². The zero-order chi connectivity index (χ0) is 32.4. The fourth-order valence-corrected chi connectivity index (χ4v) is 5.29. The molecule has 1 amide bonds. The number of nitrogens with one attached hydrogen (secondary N) is 1. The van der Waals surface area contributed by atoms with Crippen molar-refractivity contribution in [2.24, 2.45) is 0 Å². The SMILES string of the molecule is COc1ccc(C(OC[C@H](CCn2ccc(NC(=O)c3ccccc3)nc2=O)OC)(c2ccccc2)c2ccc(OC)cc2)cc1. The van der Waals surface area contributed by atoms with Gasteiger partial charge in [-0.15, -0.1) is 0 Å². The summed E-state index contributed by atoms with van der Waals surface area (Å²) in [5.74, 6) is 1.32. The number of nitrogens with zero attached hydrogens (tertiary/aromatic N) is 2. The number of amides is 1. The molecule has 1 aromatic heterocycles. The molecule has 9 heteroatoms. The number of aromatic nitrogens is 2. The minimum absolute atomic E-state index is 0.188. The average molecular weight is 620 g/mol. The number of aryl methyl sites for hydroxylation is 1. The highest BCUT2D eigenvalue weighted by atomic mass is 16.5. The molecule has 1 N–H and O–H groups in total. The smallest absolute Gasteiger partial charge is 0.349 e. The number of carbonyl (C=O) groups is 1. The Hall–Kier alpha value is -5.25. The van der Waals surface area contributed by atoms with Crippen LogP contribution in [0.25, 0.3) is 0 Å². The normalized spacial score (nSPS) is 11.9. The Balaban J connectivity index is 1.37. The molecule has 0 radical (unpaired) electrons. The lowest BCUT2D eigenvalue weighted by atomic mass is 9.80. The van der Waals surface area contributed by atoms with Gasteiger partial charge in [0.1, 0.15) is 22.9 Å². The zero-order valence-corrected chi connectivity index (χ0v) is 26.1. The Morgan fingerprint density at radius 1 is 0.761 bits per heavy atom. The predicted molar refractivity (Wildman–Crippen MR) is 177 cm³/mol. The average Bonchev–Trinajstić information content (AvgIpc) is 3.11. The third kappa shape index (κ3) is 7.34. The molecule has 0 saturated carbocycles. The van der Waals surface area contributed by atoms with Crippen molar-refractivity contribution in [2.45, 2.75) is 24.7 Å². The molecular formula is C37H37N3O6. The van der Waals surface area contributed by atoms with Crippen molar-refractivity contribution in [1.82, 2.24) is 9.55 Å². The molecule has 9 nitrogen and oxygen atoms in total. The van der Waals surface area contributed by atoms with Gasteiger partial charge in [0.15, 0.2) is 0 Å². The third-order valence-electron chi connectivity index (χ3n) is 7.84. The van der Waals surface area contributed by atoms with Crippen molar-refractivity contribution in [3.8, 4) is 11.5 Å². The lowest BCUT2D eigenvalue weighted by molar-refractivity contribution is -0.0550. The van der Waals surface area contributed by atoms with Crippen LogP contribution in [0.2, 0.25) is 0 Å². The number of benzene rings is 4. The van der Waals surface area contributed by atoms with Crippen LogP contribution in [0.5, 0.6) is 11.5 Å². The second-order valence-electron chi connectivity index (χ2n) is 10.6. The quantitative estimate of drug-likeness (QED) is 0.154. The topological polar surface area (TPSA) is 101 Å². The van der Waals surface area contributed by atoms with E-state index >= 15 is 0 Å². The molecule has 0 aliphatic carbocycles. The highest BCUT2D eigenvalue weighted by Crippen LogP contribution is 2.42. The van der Waals surface area contributed by atoms with Crippen LogP contribution in [-0.4, -0.2) is 49.5 Å². The first kappa shape index (κ1) is 32.2. The number of hydrogen-bond donors (Lipinski definition) is 1. The number of carbonyl (C=O) groups excluding carboxylic acids is 1. The molecule has 4 aromatic carbocycles. The van der Waals surface area contributed by atoms with Crippen molar-refractivity contribution in [1.29, 1.82) is 0 Å². The standard InChI is InChI=1S/C37H37N3O6/c1-43-31-18-14-29(15-19-31)37(28-12-8-5-9-13-28,30-16-20-32(44-2)21-17-30)46-26-33(45-3)22-24-40-25-23-34(39-36(40)42)38-35(41)27-10-6-4-7-11-27/h4-21,23,25,33H,22,24,26H2,1-3H3,(H,38,39,41,42)/t33-/m0/s1. The van der Waals surface area contributed by atoms with E-state index in [-0.39, 0.29) is 24.4 Å². The Bertz CT molecular complexity index is 1710. The van der Waals surface area contributed by atoms with Crippen LogP contribution in [0.1, 0.15) is 33.5 Å². The van der Waals surface area contributed by atoms with E-state index in [4.69, 9.17) is 18.9 Å².